The lowest BCUT2D eigenvalue weighted by Crippen LogP contribution is -2.47. The highest BCUT2D eigenvalue weighted by Crippen LogP contribution is 2.19. The summed E-state index contributed by atoms with van der Waals surface area (Å²) < 4.78 is 0. The molecule has 2 heterocycles. The minimum atomic E-state index is 0.139. The van der Waals surface area contributed by atoms with Gasteiger partial charge >= 0.3 is 0 Å². The van der Waals surface area contributed by atoms with E-state index in [0.717, 1.165) is 52.0 Å². The van der Waals surface area contributed by atoms with Crippen LogP contribution in [0.25, 0.3) is 0 Å². The molecule has 2 fully saturated rings. The van der Waals surface area contributed by atoms with Gasteiger partial charge in [-0.15, -0.1) is 0 Å². The van der Waals surface area contributed by atoms with Crippen LogP contribution >= 0.6 is 0 Å². The lowest BCUT2D eigenvalue weighted by molar-refractivity contribution is -0.133. The molecule has 0 aromatic heterocycles. The predicted octanol–water partition coefficient (Wildman–Crippen LogP) is -0.571. The Morgan fingerprint density at radius 2 is 2.06 bits per heavy atom. The van der Waals surface area contributed by atoms with E-state index in [4.69, 9.17) is 0 Å². The first-order valence-corrected chi connectivity index (χ1v) is 6.01. The van der Waals surface area contributed by atoms with Crippen molar-refractivity contribution in [2.75, 3.05) is 32.7 Å². The SMILES string of the molecule is O=CN1CCCC1CC(=O)N1CCNCC1. The van der Waals surface area contributed by atoms with Crippen molar-refractivity contribution in [1.29, 1.82) is 0 Å². The molecular formula is C11H19N3O2. The molecule has 90 valence electrons. The number of hydrogen-bond acceptors (Lipinski definition) is 3. The maximum atomic E-state index is 12.0. The predicted molar refractivity (Wildman–Crippen MR) is 59.9 cm³/mol. The van der Waals surface area contributed by atoms with Crippen molar-refractivity contribution in [1.82, 2.24) is 15.1 Å². The topological polar surface area (TPSA) is 52.7 Å². The minimum Gasteiger partial charge on any atom is -0.342 e. The molecule has 0 spiro atoms. The summed E-state index contributed by atoms with van der Waals surface area (Å²) in [6.07, 6.45) is 3.37. The van der Waals surface area contributed by atoms with Crippen molar-refractivity contribution in [3.05, 3.63) is 0 Å². The molecule has 1 N–H and O–H groups in total. The molecule has 2 aliphatic heterocycles. The number of carbonyl (C=O) groups is 2. The number of nitrogens with one attached hydrogen (secondary N) is 1. The second kappa shape index (κ2) is 5.30. The summed E-state index contributed by atoms with van der Waals surface area (Å²) >= 11 is 0. The Balaban J connectivity index is 1.83. The van der Waals surface area contributed by atoms with Crippen molar-refractivity contribution < 1.29 is 9.59 Å². The van der Waals surface area contributed by atoms with Crippen LogP contribution in [0.2, 0.25) is 0 Å². The third-order valence-electron chi connectivity index (χ3n) is 3.44. The summed E-state index contributed by atoms with van der Waals surface area (Å²) in [4.78, 5) is 26.4. The molecule has 16 heavy (non-hydrogen) atoms. The smallest absolute Gasteiger partial charge is 0.224 e. The number of carbonyl (C=O) groups excluding carboxylic acids is 2. The van der Waals surface area contributed by atoms with Crippen LogP contribution in [0.3, 0.4) is 0 Å². The number of amides is 2. The van der Waals surface area contributed by atoms with Crippen molar-refractivity contribution in [2.24, 2.45) is 0 Å². The van der Waals surface area contributed by atoms with Crippen molar-refractivity contribution >= 4 is 12.3 Å². The van der Waals surface area contributed by atoms with Crippen molar-refractivity contribution in [3.63, 3.8) is 0 Å². The number of nitrogens with zero attached hydrogens (tertiary/aromatic N) is 2. The maximum absolute atomic E-state index is 12.0. The summed E-state index contributed by atoms with van der Waals surface area (Å²) in [5, 5.41) is 3.22. The Hall–Kier alpha value is -1.10. The second-order valence-electron chi connectivity index (χ2n) is 4.47. The molecule has 2 amide bonds. The highest BCUT2D eigenvalue weighted by atomic mass is 16.2. The highest BCUT2D eigenvalue weighted by molar-refractivity contribution is 5.77. The van der Waals surface area contributed by atoms with Crippen LogP contribution in [0.4, 0.5) is 0 Å². The fraction of sp³-hybridized carbons (Fsp3) is 0.818. The normalized spacial score (nSPS) is 25.9. The van der Waals surface area contributed by atoms with Crippen LogP contribution in [0.1, 0.15) is 19.3 Å². The summed E-state index contributed by atoms with van der Waals surface area (Å²) in [7, 11) is 0. The standard InChI is InChI=1S/C11H19N3O2/c15-9-14-5-1-2-10(14)8-11(16)13-6-3-12-4-7-13/h9-10,12H,1-8H2. The van der Waals surface area contributed by atoms with Gasteiger partial charge in [0.25, 0.3) is 0 Å². The summed E-state index contributed by atoms with van der Waals surface area (Å²) in [6.45, 7) is 4.17. The average molecular weight is 225 g/mol. The Kier molecular flexibility index (Phi) is 3.77. The van der Waals surface area contributed by atoms with Crippen LogP contribution in [0.15, 0.2) is 0 Å². The monoisotopic (exact) mass is 225 g/mol. The van der Waals surface area contributed by atoms with Gasteiger partial charge < -0.3 is 15.1 Å². The summed E-state index contributed by atoms with van der Waals surface area (Å²) in [5.41, 5.74) is 0. The van der Waals surface area contributed by atoms with Gasteiger partial charge in [0.2, 0.25) is 12.3 Å². The maximum Gasteiger partial charge on any atom is 0.224 e. The van der Waals surface area contributed by atoms with E-state index in [-0.39, 0.29) is 11.9 Å². The van der Waals surface area contributed by atoms with Crippen LogP contribution in [0.5, 0.6) is 0 Å². The lowest BCUT2D eigenvalue weighted by Gasteiger charge is -2.29. The lowest BCUT2D eigenvalue weighted by atomic mass is 10.1. The molecular weight excluding hydrogens is 206 g/mol. The van der Waals surface area contributed by atoms with Crippen LogP contribution in [-0.2, 0) is 9.59 Å². The van der Waals surface area contributed by atoms with Crippen LogP contribution < -0.4 is 5.32 Å². The van der Waals surface area contributed by atoms with Gasteiger partial charge in [-0.2, -0.15) is 0 Å². The molecule has 0 radical (unpaired) electrons. The largest absolute Gasteiger partial charge is 0.342 e. The van der Waals surface area contributed by atoms with Gasteiger partial charge in [0, 0.05) is 45.2 Å². The molecule has 1 unspecified atom stereocenters. The van der Waals surface area contributed by atoms with Crippen molar-refractivity contribution in [3.8, 4) is 0 Å². The third kappa shape index (κ3) is 2.52. The molecule has 0 saturated carbocycles. The van der Waals surface area contributed by atoms with Crippen LogP contribution in [0, 0.1) is 0 Å². The third-order valence-corrected chi connectivity index (χ3v) is 3.44. The fourth-order valence-corrected chi connectivity index (χ4v) is 2.46. The quantitative estimate of drug-likeness (QED) is 0.654. The first-order chi connectivity index (χ1) is 7.81. The molecule has 5 heteroatoms. The average Bonchev–Trinajstić information content (AvgIpc) is 2.77. The molecule has 0 bridgehead atoms. The number of likely N-dealkylation sites (tertiary alicyclic amines) is 1. The van der Waals surface area contributed by atoms with E-state index in [1.54, 1.807) is 4.90 Å². The van der Waals surface area contributed by atoms with E-state index in [9.17, 15) is 9.59 Å². The fourth-order valence-electron chi connectivity index (χ4n) is 2.46. The van der Waals surface area contributed by atoms with E-state index in [2.05, 4.69) is 5.32 Å². The Morgan fingerprint density at radius 1 is 1.31 bits per heavy atom. The Labute approximate surface area is 95.8 Å². The molecule has 1 atom stereocenters. The van der Waals surface area contributed by atoms with E-state index in [1.165, 1.54) is 0 Å². The second-order valence-corrected chi connectivity index (χ2v) is 4.47. The summed E-state index contributed by atoms with van der Waals surface area (Å²) in [5.74, 6) is 0.195. The van der Waals surface area contributed by atoms with Gasteiger partial charge in [-0.3, -0.25) is 9.59 Å². The van der Waals surface area contributed by atoms with E-state index < -0.39 is 0 Å². The van der Waals surface area contributed by atoms with Crippen LogP contribution in [-0.4, -0.2) is 60.9 Å². The molecule has 2 aliphatic rings. The first kappa shape index (κ1) is 11.4. The number of piperazine rings is 1. The Bertz CT molecular complexity index is 264. The van der Waals surface area contributed by atoms with Gasteiger partial charge in [-0.05, 0) is 12.8 Å². The molecule has 0 aromatic carbocycles. The first-order valence-electron chi connectivity index (χ1n) is 6.01. The highest BCUT2D eigenvalue weighted by Gasteiger charge is 2.27. The summed E-state index contributed by atoms with van der Waals surface area (Å²) in [6, 6.07) is 0.139. The molecule has 0 aromatic rings. The zero-order valence-electron chi connectivity index (χ0n) is 9.52. The van der Waals surface area contributed by atoms with E-state index in [1.807, 2.05) is 4.90 Å². The zero-order chi connectivity index (χ0) is 11.4. The minimum absolute atomic E-state index is 0.139. The van der Waals surface area contributed by atoms with Gasteiger partial charge in [-0.1, -0.05) is 0 Å². The number of rotatable bonds is 3. The van der Waals surface area contributed by atoms with Gasteiger partial charge in [0.1, 0.15) is 0 Å². The molecule has 0 aliphatic carbocycles. The van der Waals surface area contributed by atoms with Gasteiger partial charge in [0.05, 0.1) is 0 Å². The zero-order valence-corrected chi connectivity index (χ0v) is 9.52. The van der Waals surface area contributed by atoms with E-state index >= 15 is 0 Å². The molecule has 5 nitrogen and oxygen atoms in total. The molecule has 2 saturated heterocycles. The van der Waals surface area contributed by atoms with Gasteiger partial charge in [-0.25, -0.2) is 0 Å². The van der Waals surface area contributed by atoms with Crippen molar-refractivity contribution in [2.45, 2.75) is 25.3 Å². The van der Waals surface area contributed by atoms with E-state index in [0.29, 0.717) is 6.42 Å². The number of hydrogen-bond donors (Lipinski definition) is 1. The Morgan fingerprint density at radius 3 is 2.75 bits per heavy atom. The van der Waals surface area contributed by atoms with Gasteiger partial charge in [0.15, 0.2) is 0 Å². The molecule has 2 rings (SSSR count).